The molecule has 0 aliphatic carbocycles. The molecular formula is C18H19N3O3S2. The summed E-state index contributed by atoms with van der Waals surface area (Å²) in [6, 6.07) is 0. The number of pyridine rings is 1. The van der Waals surface area contributed by atoms with Gasteiger partial charge in [-0.1, -0.05) is 11.8 Å². The largest absolute Gasteiger partial charge is 0.468 e. The molecule has 0 spiro atoms. The summed E-state index contributed by atoms with van der Waals surface area (Å²) in [5.74, 6) is -0.0458. The van der Waals surface area contributed by atoms with Crippen LogP contribution in [0.1, 0.15) is 30.7 Å². The Morgan fingerprint density at radius 1 is 1.38 bits per heavy atom. The van der Waals surface area contributed by atoms with Gasteiger partial charge < -0.3 is 9.47 Å². The number of hydrogen-bond acceptors (Lipinski definition) is 8. The molecule has 0 N–H and O–H groups in total. The number of ether oxygens (including phenoxy) is 2. The molecule has 1 aliphatic heterocycles. The predicted octanol–water partition coefficient (Wildman–Crippen LogP) is 3.66. The molecule has 0 radical (unpaired) electrons. The first-order valence-corrected chi connectivity index (χ1v) is 10.1. The maximum Gasteiger partial charge on any atom is 0.316 e. The zero-order valence-corrected chi connectivity index (χ0v) is 16.7. The summed E-state index contributed by atoms with van der Waals surface area (Å²) in [5, 5.41) is 1.89. The molecule has 0 atom stereocenters. The van der Waals surface area contributed by atoms with Crippen LogP contribution in [0.15, 0.2) is 11.4 Å². The first-order valence-electron chi connectivity index (χ1n) is 8.29. The lowest BCUT2D eigenvalue weighted by Gasteiger charge is -2.32. The van der Waals surface area contributed by atoms with Gasteiger partial charge in [0.1, 0.15) is 16.2 Å². The minimum absolute atomic E-state index is 0.211. The van der Waals surface area contributed by atoms with E-state index in [1.165, 1.54) is 30.0 Å². The summed E-state index contributed by atoms with van der Waals surface area (Å²) in [6.07, 6.45) is 2.38. The highest BCUT2D eigenvalue weighted by Gasteiger charge is 2.30. The van der Waals surface area contributed by atoms with Crippen LogP contribution in [-0.2, 0) is 27.3 Å². The summed E-state index contributed by atoms with van der Waals surface area (Å²) in [7, 11) is 1.39. The van der Waals surface area contributed by atoms with Gasteiger partial charge in [-0.3, -0.25) is 4.79 Å². The number of esters is 1. The van der Waals surface area contributed by atoms with Crippen LogP contribution in [0, 0.1) is 6.92 Å². The number of methoxy groups -OCH3 is 1. The smallest absolute Gasteiger partial charge is 0.316 e. The van der Waals surface area contributed by atoms with Crippen LogP contribution in [0.5, 0.6) is 0 Å². The Morgan fingerprint density at radius 2 is 2.19 bits per heavy atom. The lowest BCUT2D eigenvalue weighted by molar-refractivity contribution is -0.137. The van der Waals surface area contributed by atoms with E-state index in [1.807, 2.05) is 6.92 Å². The molecule has 26 heavy (non-hydrogen) atoms. The van der Waals surface area contributed by atoms with E-state index >= 15 is 0 Å². The first kappa shape index (κ1) is 17.6. The van der Waals surface area contributed by atoms with Gasteiger partial charge in [0.05, 0.1) is 35.3 Å². The van der Waals surface area contributed by atoms with Crippen LogP contribution in [0.4, 0.5) is 0 Å². The number of thiophene rings is 1. The number of carbonyl (C=O) groups is 1. The second-order valence-corrected chi connectivity index (χ2v) is 8.85. The number of aromatic nitrogens is 3. The van der Waals surface area contributed by atoms with Gasteiger partial charge in [-0.05, 0) is 26.3 Å². The first-order chi connectivity index (χ1) is 12.4. The molecule has 0 aromatic carbocycles. The van der Waals surface area contributed by atoms with Crippen LogP contribution >= 0.6 is 23.1 Å². The van der Waals surface area contributed by atoms with Crippen LogP contribution in [0.3, 0.4) is 0 Å². The van der Waals surface area contributed by atoms with Gasteiger partial charge >= 0.3 is 5.97 Å². The fourth-order valence-electron chi connectivity index (χ4n) is 3.24. The maximum absolute atomic E-state index is 11.5. The van der Waals surface area contributed by atoms with Crippen LogP contribution in [-0.4, -0.2) is 39.4 Å². The van der Waals surface area contributed by atoms with Gasteiger partial charge in [0, 0.05) is 23.1 Å². The van der Waals surface area contributed by atoms with E-state index in [0.29, 0.717) is 6.61 Å². The van der Waals surface area contributed by atoms with Gasteiger partial charge in [0.15, 0.2) is 0 Å². The molecule has 8 heteroatoms. The molecule has 3 aromatic heterocycles. The standard InChI is InChI=1S/C18H19N3O3S2/c1-9-11-6-24-18(2,3)5-10(11)13-14-15(26-16(13)21-9)17(20-8-19-14)25-7-12(22)23-4/h8H,5-7H2,1-4H3. The Hall–Kier alpha value is -1.77. The summed E-state index contributed by atoms with van der Waals surface area (Å²) in [6.45, 7) is 6.82. The Morgan fingerprint density at radius 3 is 2.96 bits per heavy atom. The minimum Gasteiger partial charge on any atom is -0.468 e. The second-order valence-electron chi connectivity index (χ2n) is 6.88. The third-order valence-electron chi connectivity index (χ3n) is 4.56. The number of carbonyl (C=O) groups excluding carboxylic acids is 1. The number of thioether (sulfide) groups is 1. The number of rotatable bonds is 3. The lowest BCUT2D eigenvalue weighted by Crippen LogP contribution is -2.32. The topological polar surface area (TPSA) is 74.2 Å². The molecule has 0 unspecified atom stereocenters. The molecule has 0 bridgehead atoms. The average Bonchev–Trinajstić information content (AvgIpc) is 2.97. The van der Waals surface area contributed by atoms with Gasteiger partial charge in [0.25, 0.3) is 0 Å². The fraction of sp³-hybridized carbons (Fsp3) is 0.444. The average molecular weight is 390 g/mol. The van der Waals surface area contributed by atoms with Crippen molar-refractivity contribution >= 4 is 49.5 Å². The molecule has 3 aromatic rings. The minimum atomic E-state index is -0.270. The van der Waals surface area contributed by atoms with Crippen molar-refractivity contribution in [3.63, 3.8) is 0 Å². The normalized spacial score (nSPS) is 16.0. The lowest BCUT2D eigenvalue weighted by atomic mass is 9.89. The van der Waals surface area contributed by atoms with Crippen molar-refractivity contribution in [2.24, 2.45) is 0 Å². The number of hydrogen-bond donors (Lipinski definition) is 0. The highest BCUT2D eigenvalue weighted by Crippen LogP contribution is 2.42. The van der Waals surface area contributed by atoms with Crippen molar-refractivity contribution < 1.29 is 14.3 Å². The van der Waals surface area contributed by atoms with Gasteiger partial charge in [-0.25, -0.2) is 15.0 Å². The van der Waals surface area contributed by atoms with Gasteiger partial charge in [-0.15, -0.1) is 11.3 Å². The molecule has 0 saturated heterocycles. The quantitative estimate of drug-likeness (QED) is 0.384. The van der Waals surface area contributed by atoms with E-state index in [4.69, 9.17) is 14.5 Å². The molecule has 0 saturated carbocycles. The molecular weight excluding hydrogens is 370 g/mol. The van der Waals surface area contributed by atoms with E-state index < -0.39 is 0 Å². The van der Waals surface area contributed by atoms with Crippen LogP contribution < -0.4 is 0 Å². The van der Waals surface area contributed by atoms with Crippen LogP contribution in [0.2, 0.25) is 0 Å². The molecule has 0 fully saturated rings. The monoisotopic (exact) mass is 389 g/mol. The molecule has 1 aliphatic rings. The van der Waals surface area contributed by atoms with Crippen LogP contribution in [0.25, 0.3) is 20.4 Å². The Kier molecular flexibility index (Phi) is 4.37. The fourth-order valence-corrected chi connectivity index (χ4v) is 5.35. The van der Waals surface area contributed by atoms with E-state index in [1.54, 1.807) is 17.7 Å². The summed E-state index contributed by atoms with van der Waals surface area (Å²) >= 11 is 2.96. The molecule has 0 amide bonds. The third-order valence-corrected chi connectivity index (χ3v) is 6.73. The van der Waals surface area contributed by atoms with Crippen molar-refractivity contribution in [2.45, 2.75) is 44.4 Å². The van der Waals surface area contributed by atoms with Crippen molar-refractivity contribution in [1.82, 2.24) is 15.0 Å². The van der Waals surface area contributed by atoms with Crippen molar-refractivity contribution in [2.75, 3.05) is 12.9 Å². The van der Waals surface area contributed by atoms with E-state index in [2.05, 4.69) is 23.8 Å². The zero-order valence-electron chi connectivity index (χ0n) is 15.1. The summed E-state index contributed by atoms with van der Waals surface area (Å²) in [4.78, 5) is 26.2. The second kappa shape index (κ2) is 6.44. The van der Waals surface area contributed by atoms with Gasteiger partial charge in [0.2, 0.25) is 0 Å². The SMILES string of the molecule is COC(=O)CSc1ncnc2c1sc1nc(C)c3c(c12)CC(C)(C)OC3. The molecule has 4 heterocycles. The van der Waals surface area contributed by atoms with E-state index in [-0.39, 0.29) is 17.3 Å². The molecule has 4 rings (SSSR count). The highest BCUT2D eigenvalue weighted by atomic mass is 32.2. The van der Waals surface area contributed by atoms with Crippen molar-refractivity contribution in [1.29, 1.82) is 0 Å². The Balaban J connectivity index is 1.91. The zero-order chi connectivity index (χ0) is 18.5. The Bertz CT molecular complexity index is 1030. The predicted molar refractivity (Wildman–Crippen MR) is 103 cm³/mol. The van der Waals surface area contributed by atoms with E-state index in [0.717, 1.165) is 37.6 Å². The third kappa shape index (κ3) is 2.95. The molecule has 6 nitrogen and oxygen atoms in total. The van der Waals surface area contributed by atoms with E-state index in [9.17, 15) is 4.79 Å². The Labute approximate surface area is 159 Å². The highest BCUT2D eigenvalue weighted by molar-refractivity contribution is 8.00. The maximum atomic E-state index is 11.5. The summed E-state index contributed by atoms with van der Waals surface area (Å²) < 4.78 is 11.7. The number of fused-ring (bicyclic) bond motifs is 5. The summed E-state index contributed by atoms with van der Waals surface area (Å²) in [5.41, 5.74) is 4.15. The molecule has 136 valence electrons. The number of aryl methyl sites for hydroxylation is 1. The van der Waals surface area contributed by atoms with Crippen molar-refractivity contribution in [3.8, 4) is 0 Å². The van der Waals surface area contributed by atoms with Crippen molar-refractivity contribution in [3.05, 3.63) is 23.1 Å². The number of nitrogens with zero attached hydrogens (tertiary/aromatic N) is 3. The van der Waals surface area contributed by atoms with Gasteiger partial charge in [-0.2, -0.15) is 0 Å².